The number of morpholine rings is 1. The smallest absolute Gasteiger partial charge is 0.194 e. The van der Waals surface area contributed by atoms with Crippen LogP contribution in [-0.4, -0.2) is 80.9 Å². The lowest BCUT2D eigenvalue weighted by atomic mass is 9.98. The van der Waals surface area contributed by atoms with Crippen molar-refractivity contribution in [2.45, 2.75) is 44.2 Å². The van der Waals surface area contributed by atoms with Crippen LogP contribution in [-0.2, 0) is 4.74 Å². The van der Waals surface area contributed by atoms with E-state index in [2.05, 4.69) is 46.3 Å². The highest BCUT2D eigenvalue weighted by Crippen LogP contribution is 2.28. The minimum Gasteiger partial charge on any atom is -0.497 e. The zero-order valence-corrected chi connectivity index (χ0v) is 17.3. The third kappa shape index (κ3) is 4.44. The molecule has 154 valence electrons. The van der Waals surface area contributed by atoms with E-state index in [1.54, 1.807) is 7.11 Å². The van der Waals surface area contributed by atoms with Crippen molar-refractivity contribution >= 4 is 5.96 Å². The quantitative estimate of drug-likeness (QED) is 0.622. The summed E-state index contributed by atoms with van der Waals surface area (Å²) in [4.78, 5) is 9.94. The Bertz CT molecular complexity index is 663. The van der Waals surface area contributed by atoms with Gasteiger partial charge in [0.05, 0.1) is 26.4 Å². The van der Waals surface area contributed by atoms with Gasteiger partial charge in [-0.2, -0.15) is 0 Å². The lowest BCUT2D eigenvalue weighted by Crippen LogP contribution is -2.47. The van der Waals surface area contributed by atoms with Crippen molar-refractivity contribution < 1.29 is 9.47 Å². The monoisotopic (exact) mass is 386 g/mol. The molecular weight excluding hydrogens is 352 g/mol. The molecule has 3 aliphatic rings. The van der Waals surface area contributed by atoms with Gasteiger partial charge in [-0.25, -0.2) is 0 Å². The highest BCUT2D eigenvalue weighted by molar-refractivity contribution is 5.80. The fraction of sp³-hybridized carbons (Fsp3) is 0.682. The molecule has 1 N–H and O–H groups in total. The molecule has 6 nitrogen and oxygen atoms in total. The van der Waals surface area contributed by atoms with Crippen LogP contribution in [0, 0.1) is 0 Å². The lowest BCUT2D eigenvalue weighted by Gasteiger charge is -2.34. The van der Waals surface area contributed by atoms with Crippen molar-refractivity contribution in [3.05, 3.63) is 29.8 Å². The van der Waals surface area contributed by atoms with E-state index in [0.29, 0.717) is 12.0 Å². The average Bonchev–Trinajstić information content (AvgIpc) is 3.40. The van der Waals surface area contributed by atoms with E-state index < -0.39 is 0 Å². The highest BCUT2D eigenvalue weighted by Gasteiger charge is 2.32. The molecule has 3 heterocycles. The summed E-state index contributed by atoms with van der Waals surface area (Å²) in [6, 6.07) is 9.16. The fourth-order valence-corrected chi connectivity index (χ4v) is 4.71. The molecule has 0 saturated carbocycles. The van der Waals surface area contributed by atoms with E-state index >= 15 is 0 Å². The van der Waals surface area contributed by atoms with Crippen LogP contribution in [0.25, 0.3) is 0 Å². The van der Waals surface area contributed by atoms with Gasteiger partial charge in [0.2, 0.25) is 0 Å². The van der Waals surface area contributed by atoms with E-state index in [-0.39, 0.29) is 6.10 Å². The van der Waals surface area contributed by atoms with Gasteiger partial charge in [-0.1, -0.05) is 12.1 Å². The first-order valence-electron chi connectivity index (χ1n) is 10.8. The highest BCUT2D eigenvalue weighted by atomic mass is 16.5. The van der Waals surface area contributed by atoms with E-state index in [1.165, 1.54) is 24.9 Å². The van der Waals surface area contributed by atoms with Crippen molar-refractivity contribution in [1.29, 1.82) is 0 Å². The molecule has 0 aliphatic carbocycles. The van der Waals surface area contributed by atoms with Crippen LogP contribution in [0.15, 0.2) is 29.3 Å². The van der Waals surface area contributed by atoms with Crippen LogP contribution in [0.3, 0.4) is 0 Å². The largest absolute Gasteiger partial charge is 0.497 e. The molecular formula is C22H34N4O2. The maximum atomic E-state index is 6.09. The predicted octanol–water partition coefficient (Wildman–Crippen LogP) is 2.31. The maximum absolute atomic E-state index is 6.09. The third-order valence-electron chi connectivity index (χ3n) is 6.32. The topological polar surface area (TPSA) is 49.3 Å². The normalized spacial score (nSPS) is 28.4. The summed E-state index contributed by atoms with van der Waals surface area (Å²) in [7, 11) is 1.71. The van der Waals surface area contributed by atoms with E-state index in [0.717, 1.165) is 57.5 Å². The number of hydrogen-bond acceptors (Lipinski definition) is 4. The van der Waals surface area contributed by atoms with Crippen LogP contribution in [0.5, 0.6) is 5.75 Å². The summed E-state index contributed by atoms with van der Waals surface area (Å²) in [5, 5.41) is 3.49. The Morgan fingerprint density at radius 2 is 2.07 bits per heavy atom. The van der Waals surface area contributed by atoms with E-state index in [4.69, 9.17) is 14.5 Å². The summed E-state index contributed by atoms with van der Waals surface area (Å²) >= 11 is 0. The molecule has 3 atom stereocenters. The van der Waals surface area contributed by atoms with E-state index in [9.17, 15) is 0 Å². The minimum atomic E-state index is 0.225. The molecule has 3 aliphatic heterocycles. The molecule has 0 spiro atoms. The molecule has 0 radical (unpaired) electrons. The van der Waals surface area contributed by atoms with Crippen LogP contribution in [0.2, 0.25) is 0 Å². The van der Waals surface area contributed by atoms with Gasteiger partial charge in [-0.05, 0) is 50.4 Å². The number of nitrogens with one attached hydrogen (secondary N) is 1. The summed E-state index contributed by atoms with van der Waals surface area (Å²) in [6.07, 6.45) is 3.99. The first-order valence-corrected chi connectivity index (χ1v) is 10.8. The van der Waals surface area contributed by atoms with Gasteiger partial charge < -0.3 is 19.7 Å². The van der Waals surface area contributed by atoms with Gasteiger partial charge in [0.25, 0.3) is 0 Å². The molecule has 28 heavy (non-hydrogen) atoms. The number of nitrogens with zero attached hydrogens (tertiary/aromatic N) is 3. The van der Waals surface area contributed by atoms with Crippen molar-refractivity contribution in [3.8, 4) is 5.75 Å². The van der Waals surface area contributed by atoms with Gasteiger partial charge in [0, 0.05) is 38.1 Å². The van der Waals surface area contributed by atoms with Crippen LogP contribution >= 0.6 is 0 Å². The second kappa shape index (κ2) is 9.14. The van der Waals surface area contributed by atoms with Gasteiger partial charge in [0.1, 0.15) is 5.75 Å². The first-order chi connectivity index (χ1) is 13.8. The Morgan fingerprint density at radius 1 is 1.21 bits per heavy atom. The summed E-state index contributed by atoms with van der Waals surface area (Å²) in [5.41, 5.74) is 1.38. The molecule has 0 bridgehead atoms. The SMILES string of the molecule is CCNC(=NCC1CN2CCCC2CO1)N1CCC(c2ccc(OC)cc2)C1. The van der Waals surface area contributed by atoms with Crippen LogP contribution in [0.1, 0.15) is 37.7 Å². The first kappa shape index (κ1) is 19.5. The lowest BCUT2D eigenvalue weighted by molar-refractivity contribution is -0.0432. The van der Waals surface area contributed by atoms with Gasteiger partial charge in [-0.15, -0.1) is 0 Å². The Morgan fingerprint density at radius 3 is 2.86 bits per heavy atom. The zero-order valence-electron chi connectivity index (χ0n) is 17.3. The Balaban J connectivity index is 1.35. The molecule has 6 heteroatoms. The van der Waals surface area contributed by atoms with Crippen molar-refractivity contribution in [2.75, 3.05) is 53.0 Å². The molecule has 3 saturated heterocycles. The fourth-order valence-electron chi connectivity index (χ4n) is 4.71. The van der Waals surface area contributed by atoms with Crippen LogP contribution < -0.4 is 10.1 Å². The summed E-state index contributed by atoms with van der Waals surface area (Å²) in [6.45, 7) is 8.96. The minimum absolute atomic E-state index is 0.225. The molecule has 1 aromatic rings. The van der Waals surface area contributed by atoms with Crippen molar-refractivity contribution in [3.63, 3.8) is 0 Å². The number of hydrogen-bond donors (Lipinski definition) is 1. The number of rotatable bonds is 5. The summed E-state index contributed by atoms with van der Waals surface area (Å²) < 4.78 is 11.4. The predicted molar refractivity (Wildman–Crippen MR) is 112 cm³/mol. The van der Waals surface area contributed by atoms with Crippen LogP contribution in [0.4, 0.5) is 0 Å². The number of methoxy groups -OCH3 is 1. The zero-order chi connectivity index (χ0) is 19.3. The van der Waals surface area contributed by atoms with E-state index in [1.807, 2.05) is 0 Å². The van der Waals surface area contributed by atoms with Gasteiger partial charge >= 0.3 is 0 Å². The molecule has 1 aromatic carbocycles. The number of benzene rings is 1. The second-order valence-corrected chi connectivity index (χ2v) is 8.15. The number of aliphatic imine (C=N–C) groups is 1. The molecule has 0 amide bonds. The Hall–Kier alpha value is -1.79. The molecule has 3 fully saturated rings. The van der Waals surface area contributed by atoms with Gasteiger partial charge in [-0.3, -0.25) is 9.89 Å². The molecule has 0 aromatic heterocycles. The molecule has 3 unspecified atom stereocenters. The van der Waals surface area contributed by atoms with Gasteiger partial charge in [0.15, 0.2) is 5.96 Å². The Kier molecular flexibility index (Phi) is 6.37. The summed E-state index contributed by atoms with van der Waals surface area (Å²) in [5.74, 6) is 2.50. The molecule has 4 rings (SSSR count). The third-order valence-corrected chi connectivity index (χ3v) is 6.32. The second-order valence-electron chi connectivity index (χ2n) is 8.15. The Labute approximate surface area is 168 Å². The number of ether oxygens (including phenoxy) is 2. The maximum Gasteiger partial charge on any atom is 0.194 e. The average molecular weight is 387 g/mol. The number of likely N-dealkylation sites (tertiary alicyclic amines) is 1. The van der Waals surface area contributed by atoms with Crippen molar-refractivity contribution in [1.82, 2.24) is 15.1 Å². The number of fused-ring (bicyclic) bond motifs is 1. The standard InChI is InChI=1S/C22H34N4O2/c1-3-23-22(24-13-21-15-25-11-4-5-19(25)16-28-21)26-12-10-18(14-26)17-6-8-20(27-2)9-7-17/h6-9,18-19,21H,3-5,10-16H2,1-2H3,(H,23,24). The van der Waals surface area contributed by atoms with Crippen molar-refractivity contribution in [2.24, 2.45) is 4.99 Å². The number of guanidine groups is 1.